The fourth-order valence-electron chi connectivity index (χ4n) is 2.26. The van der Waals surface area contributed by atoms with Crippen LogP contribution in [0.4, 0.5) is 5.00 Å². The van der Waals surface area contributed by atoms with E-state index in [1.807, 2.05) is 18.2 Å². The third-order valence-electron chi connectivity index (χ3n) is 3.43. The minimum absolute atomic E-state index is 0.0505. The molecule has 0 amide bonds. The molecule has 1 aromatic carbocycles. The molecule has 0 saturated carbocycles. The number of carboxylic acid groups (broad SMARTS) is 1. The van der Waals surface area contributed by atoms with Crippen LogP contribution in [-0.2, 0) is 19.1 Å². The highest BCUT2D eigenvalue weighted by molar-refractivity contribution is 7.15. The molecule has 8 heteroatoms. The summed E-state index contributed by atoms with van der Waals surface area (Å²) < 4.78 is 9.70. The van der Waals surface area contributed by atoms with E-state index in [-0.39, 0.29) is 29.4 Å². The molecule has 0 aliphatic rings. The Labute approximate surface area is 160 Å². The smallest absolute Gasteiger partial charge is 0.347 e. The van der Waals surface area contributed by atoms with Gasteiger partial charge < -0.3 is 19.9 Å². The molecule has 0 radical (unpaired) electrons. The molecule has 0 saturated heterocycles. The van der Waals surface area contributed by atoms with Crippen LogP contribution in [0.1, 0.15) is 24.2 Å². The molecule has 2 N–H and O–H groups in total. The van der Waals surface area contributed by atoms with Crippen LogP contribution in [0.3, 0.4) is 0 Å². The Morgan fingerprint density at radius 1 is 1.07 bits per heavy atom. The van der Waals surface area contributed by atoms with Gasteiger partial charge in [0.05, 0.1) is 13.2 Å². The Morgan fingerprint density at radius 3 is 2.19 bits per heavy atom. The molecule has 0 atom stereocenters. The number of esters is 2. The lowest BCUT2D eigenvalue weighted by Gasteiger charge is -2.08. The number of anilines is 1. The van der Waals surface area contributed by atoms with Crippen molar-refractivity contribution in [3.8, 4) is 11.1 Å². The first-order chi connectivity index (χ1) is 13.0. The maximum absolute atomic E-state index is 12.0. The molecular weight excluding hydrogens is 370 g/mol. The summed E-state index contributed by atoms with van der Waals surface area (Å²) in [6.45, 7) is 3.41. The number of rotatable bonds is 8. The lowest BCUT2D eigenvalue weighted by molar-refractivity contribution is -0.146. The quantitative estimate of drug-likeness (QED) is 0.308. The summed E-state index contributed by atoms with van der Waals surface area (Å²) in [4.78, 5) is 35.7. The second-order valence-electron chi connectivity index (χ2n) is 5.17. The molecular formula is C19H19NO6S. The highest BCUT2D eigenvalue weighted by Gasteiger charge is 2.23. The van der Waals surface area contributed by atoms with Crippen molar-refractivity contribution in [1.29, 1.82) is 0 Å². The van der Waals surface area contributed by atoms with Crippen LogP contribution in [-0.4, -0.2) is 36.2 Å². The monoisotopic (exact) mass is 389 g/mol. The van der Waals surface area contributed by atoms with Crippen molar-refractivity contribution in [2.75, 3.05) is 18.5 Å². The third kappa shape index (κ3) is 4.95. The normalized spacial score (nSPS) is 10.0. The van der Waals surface area contributed by atoms with E-state index in [0.717, 1.165) is 23.1 Å². The van der Waals surface area contributed by atoms with E-state index in [1.54, 1.807) is 31.4 Å². The zero-order valence-electron chi connectivity index (χ0n) is 14.9. The predicted octanol–water partition coefficient (Wildman–Crippen LogP) is 3.54. The standard InChI is InChI=1S/C19H19NO6S/c1-3-25-18(23)13(19(24)26-4-2)10-20-16-15(17(21)22)14(11-27-16)12-8-6-5-7-9-12/h5-11,20H,3-4H2,1-2H3,(H,21,22). The Kier molecular flexibility index (Phi) is 7.13. The van der Waals surface area contributed by atoms with Crippen molar-refractivity contribution in [1.82, 2.24) is 0 Å². The van der Waals surface area contributed by atoms with Gasteiger partial charge in [0, 0.05) is 17.1 Å². The number of hydrogen-bond acceptors (Lipinski definition) is 7. The zero-order chi connectivity index (χ0) is 19.8. The van der Waals surface area contributed by atoms with Gasteiger partial charge in [0.1, 0.15) is 10.6 Å². The van der Waals surface area contributed by atoms with Gasteiger partial charge in [0.2, 0.25) is 0 Å². The second-order valence-corrected chi connectivity index (χ2v) is 6.05. The average Bonchev–Trinajstić information content (AvgIpc) is 3.07. The molecule has 2 aromatic rings. The number of nitrogens with one attached hydrogen (secondary N) is 1. The number of benzene rings is 1. The van der Waals surface area contributed by atoms with Gasteiger partial charge in [-0.3, -0.25) is 0 Å². The van der Waals surface area contributed by atoms with Crippen molar-refractivity contribution in [2.45, 2.75) is 13.8 Å². The van der Waals surface area contributed by atoms with Gasteiger partial charge >= 0.3 is 17.9 Å². The maximum atomic E-state index is 12.0. The molecule has 0 fully saturated rings. The predicted molar refractivity (Wildman–Crippen MR) is 102 cm³/mol. The van der Waals surface area contributed by atoms with Crippen LogP contribution in [0.15, 0.2) is 47.5 Å². The molecule has 0 unspecified atom stereocenters. The third-order valence-corrected chi connectivity index (χ3v) is 4.34. The van der Waals surface area contributed by atoms with Gasteiger partial charge in [-0.1, -0.05) is 30.3 Å². The van der Waals surface area contributed by atoms with Gasteiger partial charge in [-0.05, 0) is 19.4 Å². The lowest BCUT2D eigenvalue weighted by atomic mass is 10.0. The summed E-state index contributed by atoms with van der Waals surface area (Å²) in [6.07, 6.45) is 1.11. The first kappa shape index (κ1) is 20.2. The molecule has 1 aromatic heterocycles. The van der Waals surface area contributed by atoms with Gasteiger partial charge in [-0.2, -0.15) is 0 Å². The van der Waals surface area contributed by atoms with Crippen molar-refractivity contribution in [3.63, 3.8) is 0 Å². The summed E-state index contributed by atoms with van der Waals surface area (Å²) in [7, 11) is 0. The molecule has 1 heterocycles. The number of carbonyl (C=O) groups is 3. The molecule has 27 heavy (non-hydrogen) atoms. The maximum Gasteiger partial charge on any atom is 0.347 e. The Balaban J connectivity index is 2.38. The second kappa shape index (κ2) is 9.54. The number of carboxylic acids is 1. The van der Waals surface area contributed by atoms with E-state index in [4.69, 9.17) is 9.47 Å². The highest BCUT2D eigenvalue weighted by Crippen LogP contribution is 2.35. The number of hydrogen-bond donors (Lipinski definition) is 2. The van der Waals surface area contributed by atoms with Gasteiger partial charge in [-0.25, -0.2) is 14.4 Å². The summed E-state index contributed by atoms with van der Waals surface area (Å²) in [5.41, 5.74) is 0.997. The average molecular weight is 389 g/mol. The molecule has 0 aliphatic carbocycles. The summed E-state index contributed by atoms with van der Waals surface area (Å²) in [6, 6.07) is 9.06. The Morgan fingerprint density at radius 2 is 1.67 bits per heavy atom. The van der Waals surface area contributed by atoms with Crippen molar-refractivity contribution in [3.05, 3.63) is 53.0 Å². The summed E-state index contributed by atoms with van der Waals surface area (Å²) in [5, 5.41) is 14.3. The number of ether oxygens (including phenoxy) is 2. The zero-order valence-corrected chi connectivity index (χ0v) is 15.7. The highest BCUT2D eigenvalue weighted by atomic mass is 32.1. The number of thiophene rings is 1. The van der Waals surface area contributed by atoms with Crippen LogP contribution < -0.4 is 5.32 Å². The van der Waals surface area contributed by atoms with E-state index < -0.39 is 17.9 Å². The fourth-order valence-corrected chi connectivity index (χ4v) is 3.19. The van der Waals surface area contributed by atoms with Crippen molar-refractivity contribution in [2.24, 2.45) is 0 Å². The minimum atomic E-state index is -1.13. The SMILES string of the molecule is CCOC(=O)C(=CNc1scc(-c2ccccc2)c1C(=O)O)C(=O)OCC. The van der Waals surface area contributed by atoms with Crippen molar-refractivity contribution >= 4 is 34.2 Å². The van der Waals surface area contributed by atoms with E-state index in [2.05, 4.69) is 5.32 Å². The Hall–Kier alpha value is -3.13. The van der Waals surface area contributed by atoms with E-state index >= 15 is 0 Å². The molecule has 2 rings (SSSR count). The molecule has 142 valence electrons. The van der Waals surface area contributed by atoms with E-state index in [1.165, 1.54) is 0 Å². The minimum Gasteiger partial charge on any atom is -0.478 e. The summed E-state index contributed by atoms with van der Waals surface area (Å²) >= 11 is 1.15. The molecule has 0 spiro atoms. The van der Waals surface area contributed by atoms with Gasteiger partial charge in [0.25, 0.3) is 0 Å². The van der Waals surface area contributed by atoms with Crippen LogP contribution in [0.2, 0.25) is 0 Å². The van der Waals surface area contributed by atoms with Crippen LogP contribution in [0, 0.1) is 0 Å². The van der Waals surface area contributed by atoms with Crippen molar-refractivity contribution < 1.29 is 29.0 Å². The topological polar surface area (TPSA) is 102 Å². The number of carbonyl (C=O) groups excluding carboxylic acids is 2. The molecule has 0 aliphatic heterocycles. The molecule has 7 nitrogen and oxygen atoms in total. The van der Waals surface area contributed by atoms with Gasteiger partial charge in [0.15, 0.2) is 5.57 Å². The van der Waals surface area contributed by atoms with Crippen LogP contribution in [0.5, 0.6) is 0 Å². The first-order valence-electron chi connectivity index (χ1n) is 8.20. The summed E-state index contributed by atoms with van der Waals surface area (Å²) in [5.74, 6) is -2.82. The van der Waals surface area contributed by atoms with Crippen LogP contribution in [0.25, 0.3) is 11.1 Å². The number of aromatic carboxylic acids is 1. The van der Waals surface area contributed by atoms with E-state index in [0.29, 0.717) is 5.56 Å². The van der Waals surface area contributed by atoms with Gasteiger partial charge in [-0.15, -0.1) is 11.3 Å². The lowest BCUT2D eigenvalue weighted by Crippen LogP contribution is -2.19. The fraction of sp³-hybridized carbons (Fsp3) is 0.211. The van der Waals surface area contributed by atoms with Crippen LogP contribution >= 0.6 is 11.3 Å². The first-order valence-corrected chi connectivity index (χ1v) is 9.08. The largest absolute Gasteiger partial charge is 0.478 e. The molecule has 0 bridgehead atoms. The Bertz CT molecular complexity index is 836. The van der Waals surface area contributed by atoms with E-state index in [9.17, 15) is 19.5 Å².